The maximum Gasteiger partial charge on any atom is 0.335 e. The van der Waals surface area contributed by atoms with Crippen LogP contribution in [-0.4, -0.2) is 43.2 Å². The summed E-state index contributed by atoms with van der Waals surface area (Å²) in [5.74, 6) is -0.914. The van der Waals surface area contributed by atoms with Crippen LogP contribution in [0.1, 0.15) is 156 Å². The number of esters is 2. The summed E-state index contributed by atoms with van der Waals surface area (Å²) < 4.78 is 16.3. The molecule has 0 radical (unpaired) electrons. The third-order valence-corrected chi connectivity index (χ3v) is 6.77. The number of carbonyl (C=O) groups excluding carboxylic acids is 2. The van der Waals surface area contributed by atoms with Crippen molar-refractivity contribution >= 4 is 23.5 Å². The van der Waals surface area contributed by atoms with Gasteiger partial charge in [0.15, 0.2) is 6.10 Å². The van der Waals surface area contributed by atoms with Gasteiger partial charge in [0.1, 0.15) is 0 Å². The molecule has 5 nitrogen and oxygen atoms in total. The van der Waals surface area contributed by atoms with Crippen LogP contribution < -0.4 is 0 Å². The first-order valence-corrected chi connectivity index (χ1v) is 16.0. The molecule has 0 aromatic heterocycles. The Morgan fingerprint density at radius 2 is 0.973 bits per heavy atom. The minimum atomic E-state index is -0.954. The van der Waals surface area contributed by atoms with Gasteiger partial charge in [-0.05, 0) is 19.8 Å². The van der Waals surface area contributed by atoms with Gasteiger partial charge in [0, 0.05) is 0 Å². The number of halogens is 1. The molecule has 0 aromatic carbocycles. The van der Waals surface area contributed by atoms with Crippen molar-refractivity contribution < 1.29 is 23.8 Å². The molecule has 0 N–H and O–H groups in total. The summed E-state index contributed by atoms with van der Waals surface area (Å²) in [6.07, 6.45) is 23.4. The van der Waals surface area contributed by atoms with E-state index in [9.17, 15) is 9.59 Å². The van der Waals surface area contributed by atoms with Gasteiger partial charge in [-0.15, -0.1) is 11.6 Å². The van der Waals surface area contributed by atoms with Gasteiger partial charge in [0.25, 0.3) is 0 Å². The third-order valence-electron chi connectivity index (χ3n) is 6.65. The Labute approximate surface area is 234 Å². The highest BCUT2D eigenvalue weighted by atomic mass is 35.5. The third kappa shape index (κ3) is 26.6. The minimum Gasteiger partial charge on any atom is -0.466 e. The molecule has 0 rings (SSSR count). The second kappa shape index (κ2) is 28.2. The van der Waals surface area contributed by atoms with Crippen molar-refractivity contribution in [1.29, 1.82) is 0 Å². The van der Waals surface area contributed by atoms with Crippen molar-refractivity contribution in [3.8, 4) is 0 Å². The van der Waals surface area contributed by atoms with Crippen LogP contribution in [0.3, 0.4) is 0 Å². The molecule has 0 aliphatic carbocycles. The lowest BCUT2D eigenvalue weighted by molar-refractivity contribution is -0.164. The van der Waals surface area contributed by atoms with E-state index in [0.717, 1.165) is 25.7 Å². The summed E-state index contributed by atoms with van der Waals surface area (Å²) in [6.45, 7) is 7.21. The molecule has 0 heterocycles. The van der Waals surface area contributed by atoms with Gasteiger partial charge < -0.3 is 14.2 Å². The first kappa shape index (κ1) is 36.2. The molecule has 0 amide bonds. The molecule has 2 atom stereocenters. The number of hydrogen-bond donors (Lipinski definition) is 0. The Hall–Kier alpha value is -0.810. The molecule has 0 bridgehead atoms. The minimum absolute atomic E-state index is 0.127. The lowest BCUT2D eigenvalue weighted by Gasteiger charge is -2.17. The van der Waals surface area contributed by atoms with Gasteiger partial charge in [0.2, 0.25) is 0 Å². The number of unbranched alkanes of at least 4 members (excludes halogenated alkanes) is 18. The summed E-state index contributed by atoms with van der Waals surface area (Å²) in [5.41, 5.74) is 0. The van der Waals surface area contributed by atoms with E-state index < -0.39 is 18.0 Å². The van der Waals surface area contributed by atoms with Crippen molar-refractivity contribution in [2.24, 2.45) is 0 Å². The van der Waals surface area contributed by atoms with Crippen molar-refractivity contribution in [3.05, 3.63) is 0 Å². The molecule has 0 aliphatic rings. The van der Waals surface area contributed by atoms with Crippen LogP contribution in [-0.2, 0) is 23.8 Å². The Bertz CT molecular complexity index is 512. The second-order valence-electron chi connectivity index (χ2n) is 10.6. The maximum absolute atomic E-state index is 12.5. The number of carbonyl (C=O) groups is 2. The number of ether oxygens (including phenoxy) is 3. The van der Waals surface area contributed by atoms with Gasteiger partial charge in [-0.25, -0.2) is 4.79 Å². The van der Waals surface area contributed by atoms with E-state index in [2.05, 4.69) is 13.8 Å². The zero-order valence-corrected chi connectivity index (χ0v) is 25.3. The first-order valence-electron chi connectivity index (χ1n) is 15.6. The fraction of sp³-hybridized carbons (Fsp3) is 0.935. The van der Waals surface area contributed by atoms with Crippen LogP contribution in [0.5, 0.6) is 0 Å². The Balaban J connectivity index is 3.94. The molecule has 37 heavy (non-hydrogen) atoms. The van der Waals surface area contributed by atoms with Crippen LogP contribution >= 0.6 is 11.6 Å². The monoisotopic (exact) mass is 546 g/mol. The summed E-state index contributed by atoms with van der Waals surface area (Å²) in [4.78, 5) is 24.8. The van der Waals surface area contributed by atoms with Gasteiger partial charge in [0.05, 0.1) is 31.6 Å². The van der Waals surface area contributed by atoms with E-state index in [1.54, 1.807) is 6.92 Å². The summed E-state index contributed by atoms with van der Waals surface area (Å²) >= 11 is 5.98. The molecule has 0 saturated carbocycles. The lowest BCUT2D eigenvalue weighted by atomic mass is 10.1. The fourth-order valence-electron chi connectivity index (χ4n) is 4.30. The van der Waals surface area contributed by atoms with Crippen LogP contribution in [0.15, 0.2) is 0 Å². The molecule has 6 heteroatoms. The molecular formula is C31H59ClO5. The molecular weight excluding hydrogens is 488 g/mol. The fourth-order valence-corrected chi connectivity index (χ4v) is 4.37. The predicted molar refractivity (Wildman–Crippen MR) is 155 cm³/mol. The first-order chi connectivity index (χ1) is 18.0. The van der Waals surface area contributed by atoms with E-state index in [4.69, 9.17) is 25.8 Å². The molecule has 0 spiro atoms. The highest BCUT2D eigenvalue weighted by molar-refractivity contribution is 6.20. The standard InChI is InChI=1S/C31H59ClO5/c1-4-6-8-10-12-14-16-18-20-22-24-35-30(33)26-29(37-27-28(3)32)31(34)36-25-23-21-19-17-15-13-11-9-7-5-2/h28-29H,4-27H2,1-3H3. The Kier molecular flexibility index (Phi) is 27.6. The smallest absolute Gasteiger partial charge is 0.335 e. The van der Waals surface area contributed by atoms with Crippen LogP contribution in [0.25, 0.3) is 0 Å². The SMILES string of the molecule is CCCCCCCCCCCCOC(=O)CC(OCC(C)Cl)C(=O)OCCCCCCCCCCCC. The van der Waals surface area contributed by atoms with Gasteiger partial charge in [-0.1, -0.05) is 129 Å². The number of rotatable bonds is 28. The van der Waals surface area contributed by atoms with E-state index in [1.807, 2.05) is 0 Å². The van der Waals surface area contributed by atoms with Crippen molar-refractivity contribution in [2.45, 2.75) is 167 Å². The van der Waals surface area contributed by atoms with Crippen LogP contribution in [0, 0.1) is 0 Å². The molecule has 0 saturated heterocycles. The van der Waals surface area contributed by atoms with Crippen LogP contribution in [0.4, 0.5) is 0 Å². The topological polar surface area (TPSA) is 61.8 Å². The summed E-state index contributed by atoms with van der Waals surface area (Å²) in [5, 5.41) is -0.250. The Morgan fingerprint density at radius 3 is 1.38 bits per heavy atom. The van der Waals surface area contributed by atoms with E-state index in [0.29, 0.717) is 13.2 Å². The van der Waals surface area contributed by atoms with E-state index in [1.165, 1.54) is 103 Å². The quantitative estimate of drug-likeness (QED) is 0.0555. The summed E-state index contributed by atoms with van der Waals surface area (Å²) in [6, 6.07) is 0. The molecule has 0 fully saturated rings. The number of hydrogen-bond acceptors (Lipinski definition) is 5. The number of alkyl halides is 1. The Morgan fingerprint density at radius 1 is 0.595 bits per heavy atom. The lowest BCUT2D eigenvalue weighted by Crippen LogP contribution is -2.32. The average molecular weight is 547 g/mol. The van der Waals surface area contributed by atoms with Crippen LogP contribution in [0.2, 0.25) is 0 Å². The molecule has 220 valence electrons. The van der Waals surface area contributed by atoms with Gasteiger partial charge in [-0.2, -0.15) is 0 Å². The van der Waals surface area contributed by atoms with Crippen molar-refractivity contribution in [1.82, 2.24) is 0 Å². The predicted octanol–water partition coefficient (Wildman–Crippen LogP) is 9.32. The second-order valence-corrected chi connectivity index (χ2v) is 11.3. The largest absolute Gasteiger partial charge is 0.466 e. The highest BCUT2D eigenvalue weighted by Crippen LogP contribution is 2.13. The van der Waals surface area contributed by atoms with E-state index >= 15 is 0 Å². The van der Waals surface area contributed by atoms with Gasteiger partial charge in [-0.3, -0.25) is 4.79 Å². The maximum atomic E-state index is 12.5. The zero-order chi connectivity index (χ0) is 27.4. The van der Waals surface area contributed by atoms with E-state index in [-0.39, 0.29) is 18.4 Å². The summed E-state index contributed by atoms with van der Waals surface area (Å²) in [7, 11) is 0. The molecule has 2 unspecified atom stereocenters. The van der Waals surface area contributed by atoms with Gasteiger partial charge >= 0.3 is 11.9 Å². The zero-order valence-electron chi connectivity index (χ0n) is 24.5. The van der Waals surface area contributed by atoms with Crippen molar-refractivity contribution in [2.75, 3.05) is 19.8 Å². The normalized spacial score (nSPS) is 12.9. The molecule has 0 aliphatic heterocycles. The van der Waals surface area contributed by atoms with Crippen molar-refractivity contribution in [3.63, 3.8) is 0 Å². The molecule has 0 aromatic rings. The highest BCUT2D eigenvalue weighted by Gasteiger charge is 2.25. The average Bonchev–Trinajstić information content (AvgIpc) is 2.88.